The number of nitrogens with one attached hydrogen (secondary N) is 2. The maximum Gasteiger partial charge on any atom is 0.319 e. The molecule has 0 saturated carbocycles. The molecule has 0 bridgehead atoms. The maximum atomic E-state index is 10.4. The minimum atomic E-state index is -0.818. The smallest absolute Gasteiger partial charge is 0.319 e. The minimum Gasteiger partial charge on any atom is -0.351 e. The van der Waals surface area contributed by atoms with E-state index < -0.39 is 12.1 Å². The Morgan fingerprint density at radius 3 is 1.86 bits per heavy atom. The van der Waals surface area contributed by atoms with E-state index in [9.17, 15) is 9.59 Å². The summed E-state index contributed by atoms with van der Waals surface area (Å²) in [5.74, 6) is -0.146. The molecular formula is C5H7N7O2. The SMILES string of the molecule is NC(=O)Nc1ncnc(NC(N)=O)n1. The Morgan fingerprint density at radius 2 is 1.50 bits per heavy atom. The summed E-state index contributed by atoms with van der Waals surface area (Å²) < 4.78 is 0. The lowest BCUT2D eigenvalue weighted by Crippen LogP contribution is -2.23. The fourth-order valence-electron chi connectivity index (χ4n) is 0.637. The van der Waals surface area contributed by atoms with E-state index >= 15 is 0 Å². The third kappa shape index (κ3) is 2.89. The molecule has 0 unspecified atom stereocenters. The molecule has 0 fully saturated rings. The van der Waals surface area contributed by atoms with Gasteiger partial charge in [-0.1, -0.05) is 0 Å². The highest BCUT2D eigenvalue weighted by molar-refractivity contribution is 5.87. The number of urea groups is 2. The van der Waals surface area contributed by atoms with Crippen LogP contribution in [0.25, 0.3) is 0 Å². The van der Waals surface area contributed by atoms with E-state index in [0.29, 0.717) is 0 Å². The second kappa shape index (κ2) is 3.98. The molecule has 0 saturated heterocycles. The zero-order valence-electron chi connectivity index (χ0n) is 6.89. The van der Waals surface area contributed by atoms with Gasteiger partial charge in [-0.25, -0.2) is 19.6 Å². The maximum absolute atomic E-state index is 10.4. The normalized spacial score (nSPS) is 9.14. The van der Waals surface area contributed by atoms with Gasteiger partial charge in [0, 0.05) is 0 Å². The zero-order chi connectivity index (χ0) is 10.6. The van der Waals surface area contributed by atoms with Gasteiger partial charge in [-0.3, -0.25) is 10.6 Å². The highest BCUT2D eigenvalue weighted by Crippen LogP contribution is 2.00. The van der Waals surface area contributed by atoms with E-state index in [1.807, 2.05) is 0 Å². The van der Waals surface area contributed by atoms with Crippen LogP contribution in [0, 0.1) is 0 Å². The van der Waals surface area contributed by atoms with E-state index in [4.69, 9.17) is 11.5 Å². The second-order valence-corrected chi connectivity index (χ2v) is 2.11. The van der Waals surface area contributed by atoms with Crippen LogP contribution in [0.1, 0.15) is 0 Å². The Kier molecular flexibility index (Phi) is 2.74. The van der Waals surface area contributed by atoms with Gasteiger partial charge in [0.1, 0.15) is 6.33 Å². The van der Waals surface area contributed by atoms with E-state index in [0.717, 1.165) is 6.33 Å². The molecule has 0 aromatic carbocycles. The predicted molar refractivity (Wildman–Crippen MR) is 46.2 cm³/mol. The number of carbonyl (C=O) groups excluding carboxylic acids is 2. The molecule has 1 rings (SSSR count). The average Bonchev–Trinajstić information content (AvgIpc) is 2.01. The lowest BCUT2D eigenvalue weighted by Gasteiger charge is -2.01. The summed E-state index contributed by atoms with van der Waals surface area (Å²) >= 11 is 0. The number of hydrogen-bond donors (Lipinski definition) is 4. The summed E-state index contributed by atoms with van der Waals surface area (Å²) in [6.45, 7) is 0. The molecule has 1 aromatic heterocycles. The first-order valence-corrected chi connectivity index (χ1v) is 3.40. The van der Waals surface area contributed by atoms with Crippen molar-refractivity contribution in [2.75, 3.05) is 10.6 Å². The first-order chi connectivity index (χ1) is 6.58. The molecule has 0 aliphatic carbocycles. The summed E-state index contributed by atoms with van der Waals surface area (Å²) in [6.07, 6.45) is 1.09. The fraction of sp³-hybridized carbons (Fsp3) is 0. The van der Waals surface area contributed by atoms with Crippen molar-refractivity contribution < 1.29 is 9.59 Å². The van der Waals surface area contributed by atoms with Gasteiger partial charge < -0.3 is 11.5 Å². The first-order valence-electron chi connectivity index (χ1n) is 3.40. The van der Waals surface area contributed by atoms with Crippen molar-refractivity contribution in [1.29, 1.82) is 0 Å². The molecule has 74 valence electrons. The van der Waals surface area contributed by atoms with Crippen LogP contribution in [0.4, 0.5) is 21.5 Å². The van der Waals surface area contributed by atoms with Crippen LogP contribution in [0.15, 0.2) is 6.33 Å². The van der Waals surface area contributed by atoms with Gasteiger partial charge >= 0.3 is 12.1 Å². The van der Waals surface area contributed by atoms with Crippen LogP contribution in [-0.2, 0) is 0 Å². The number of primary amides is 2. The number of carbonyl (C=O) groups is 2. The van der Waals surface area contributed by atoms with E-state index in [-0.39, 0.29) is 11.9 Å². The molecule has 9 heteroatoms. The lowest BCUT2D eigenvalue weighted by atomic mass is 10.8. The molecule has 14 heavy (non-hydrogen) atoms. The van der Waals surface area contributed by atoms with Gasteiger partial charge in [0.15, 0.2) is 0 Å². The molecule has 6 N–H and O–H groups in total. The fourth-order valence-corrected chi connectivity index (χ4v) is 0.637. The monoisotopic (exact) mass is 197 g/mol. The zero-order valence-corrected chi connectivity index (χ0v) is 6.89. The molecule has 9 nitrogen and oxygen atoms in total. The van der Waals surface area contributed by atoms with Gasteiger partial charge in [-0.15, -0.1) is 0 Å². The van der Waals surface area contributed by atoms with Crippen LogP contribution < -0.4 is 22.1 Å². The predicted octanol–water partition coefficient (Wildman–Crippen LogP) is -1.15. The molecule has 0 aliphatic heterocycles. The van der Waals surface area contributed by atoms with Crippen LogP contribution in [0.2, 0.25) is 0 Å². The third-order valence-corrected chi connectivity index (χ3v) is 1.04. The number of aromatic nitrogens is 3. The number of hydrogen-bond acceptors (Lipinski definition) is 5. The minimum absolute atomic E-state index is 0.0729. The quantitative estimate of drug-likeness (QED) is 0.472. The van der Waals surface area contributed by atoms with Gasteiger partial charge in [0.2, 0.25) is 11.9 Å². The third-order valence-electron chi connectivity index (χ3n) is 1.04. The number of nitrogens with zero attached hydrogens (tertiary/aromatic N) is 3. The highest BCUT2D eigenvalue weighted by atomic mass is 16.2. The summed E-state index contributed by atoms with van der Waals surface area (Å²) in [5.41, 5.74) is 9.63. The van der Waals surface area contributed by atoms with Gasteiger partial charge in [-0.05, 0) is 0 Å². The van der Waals surface area contributed by atoms with Crippen molar-refractivity contribution in [3.05, 3.63) is 6.33 Å². The standard InChI is InChI=1S/C5H7N7O2/c6-2(13)10-4-8-1-9-5(12-4)11-3(7)14/h1H,(H6,6,7,8,9,10,11,12,13,14). The molecular weight excluding hydrogens is 190 g/mol. The van der Waals surface area contributed by atoms with Gasteiger partial charge in [-0.2, -0.15) is 4.98 Å². The first kappa shape index (κ1) is 9.64. The van der Waals surface area contributed by atoms with E-state index in [1.54, 1.807) is 0 Å². The Labute approximate surface area is 77.9 Å². The molecule has 1 aromatic rings. The van der Waals surface area contributed by atoms with Crippen molar-refractivity contribution in [3.63, 3.8) is 0 Å². The molecule has 4 amide bonds. The van der Waals surface area contributed by atoms with Crippen molar-refractivity contribution in [3.8, 4) is 0 Å². The van der Waals surface area contributed by atoms with Gasteiger partial charge in [0.25, 0.3) is 0 Å². The van der Waals surface area contributed by atoms with Gasteiger partial charge in [0.05, 0.1) is 0 Å². The largest absolute Gasteiger partial charge is 0.351 e. The molecule has 0 spiro atoms. The lowest BCUT2D eigenvalue weighted by molar-refractivity contribution is 0.258. The van der Waals surface area contributed by atoms with Crippen molar-refractivity contribution in [2.45, 2.75) is 0 Å². The van der Waals surface area contributed by atoms with Crippen LogP contribution in [0.5, 0.6) is 0 Å². The van der Waals surface area contributed by atoms with Crippen LogP contribution in [-0.4, -0.2) is 27.0 Å². The van der Waals surface area contributed by atoms with Crippen LogP contribution >= 0.6 is 0 Å². The van der Waals surface area contributed by atoms with Crippen LogP contribution in [0.3, 0.4) is 0 Å². The number of rotatable bonds is 2. The topological polar surface area (TPSA) is 149 Å². The number of nitrogens with two attached hydrogens (primary N) is 2. The summed E-state index contributed by atoms with van der Waals surface area (Å²) in [4.78, 5) is 31.5. The second-order valence-electron chi connectivity index (χ2n) is 2.11. The van der Waals surface area contributed by atoms with E-state index in [1.165, 1.54) is 0 Å². The Morgan fingerprint density at radius 1 is 1.07 bits per heavy atom. The highest BCUT2D eigenvalue weighted by Gasteiger charge is 2.03. The summed E-state index contributed by atoms with van der Waals surface area (Å²) in [5, 5.41) is 4.21. The number of amides is 4. The Bertz CT molecular complexity index is 334. The average molecular weight is 197 g/mol. The summed E-state index contributed by atoms with van der Waals surface area (Å²) in [7, 11) is 0. The van der Waals surface area contributed by atoms with E-state index in [2.05, 4.69) is 25.6 Å². The molecule has 0 aliphatic rings. The Balaban J connectivity index is 2.78. The van der Waals surface area contributed by atoms with Crippen molar-refractivity contribution >= 4 is 24.0 Å². The van der Waals surface area contributed by atoms with Crippen molar-refractivity contribution in [1.82, 2.24) is 15.0 Å². The molecule has 0 radical (unpaired) electrons. The number of anilines is 2. The molecule has 1 heterocycles. The van der Waals surface area contributed by atoms with Crippen molar-refractivity contribution in [2.24, 2.45) is 11.5 Å². The molecule has 0 atom stereocenters. The summed E-state index contributed by atoms with van der Waals surface area (Å²) in [6, 6.07) is -1.64. The Hall–Kier alpha value is -2.45.